The van der Waals surface area contributed by atoms with Crippen LogP contribution >= 0.6 is 0 Å². The Bertz CT molecular complexity index is 782. The molecule has 9 nitrogen and oxygen atoms in total. The van der Waals surface area contributed by atoms with E-state index in [1.54, 1.807) is 27.7 Å². The predicted molar refractivity (Wildman–Crippen MR) is 99.0 cm³/mol. The van der Waals surface area contributed by atoms with Gasteiger partial charge in [-0.1, -0.05) is 30.3 Å². The third kappa shape index (κ3) is 4.29. The number of nitrogens with one attached hydrogen (secondary N) is 2. The third-order valence-corrected chi connectivity index (χ3v) is 4.95. The van der Waals surface area contributed by atoms with Crippen molar-refractivity contribution < 1.29 is 33.3 Å². The van der Waals surface area contributed by atoms with Crippen LogP contribution in [-0.4, -0.2) is 54.1 Å². The lowest BCUT2D eigenvalue weighted by Gasteiger charge is -2.36. The van der Waals surface area contributed by atoms with Crippen LogP contribution in [0.2, 0.25) is 0 Å². The first kappa shape index (κ1) is 20.2. The summed E-state index contributed by atoms with van der Waals surface area (Å²) >= 11 is 0. The normalized spacial score (nSPS) is 34.1. The average molecular weight is 406 g/mol. The number of fused-ring (bicyclic) bond motifs is 3. The average Bonchev–Trinajstić information content (AvgIpc) is 3.13. The maximum absolute atomic E-state index is 12.8. The molecule has 9 heteroatoms. The van der Waals surface area contributed by atoms with Crippen LogP contribution in [0.15, 0.2) is 30.3 Å². The minimum absolute atomic E-state index is 0.140. The van der Waals surface area contributed by atoms with Crippen LogP contribution in [0.5, 0.6) is 0 Å². The summed E-state index contributed by atoms with van der Waals surface area (Å²) in [6, 6.07) is 9.23. The first-order valence-electron chi connectivity index (χ1n) is 9.63. The molecule has 1 aromatic rings. The number of ether oxygens (including phenoxy) is 5. The van der Waals surface area contributed by atoms with Crippen molar-refractivity contribution in [3.8, 4) is 0 Å². The number of carbonyl (C=O) groups is 2. The molecule has 0 aromatic heterocycles. The smallest absolute Gasteiger partial charge is 0.270 e. The van der Waals surface area contributed by atoms with E-state index in [9.17, 15) is 9.59 Å². The molecular weight excluding hydrogens is 380 g/mol. The topological polar surface area (TPSA) is 104 Å². The fourth-order valence-electron chi connectivity index (χ4n) is 3.85. The molecule has 2 amide bonds. The van der Waals surface area contributed by atoms with Gasteiger partial charge < -0.3 is 23.7 Å². The third-order valence-electron chi connectivity index (χ3n) is 4.95. The van der Waals surface area contributed by atoms with Gasteiger partial charge in [0.1, 0.15) is 18.3 Å². The van der Waals surface area contributed by atoms with E-state index in [4.69, 9.17) is 23.7 Å². The molecule has 0 saturated carbocycles. The largest absolute Gasteiger partial charge is 0.342 e. The molecule has 29 heavy (non-hydrogen) atoms. The molecular formula is C20H26N2O7. The van der Waals surface area contributed by atoms with Gasteiger partial charge in [0.05, 0.1) is 6.42 Å². The Labute approximate surface area is 168 Å². The molecule has 3 aliphatic heterocycles. The van der Waals surface area contributed by atoms with Crippen LogP contribution in [0, 0.1) is 0 Å². The van der Waals surface area contributed by atoms with Crippen molar-refractivity contribution in [3.05, 3.63) is 35.9 Å². The predicted octanol–water partition coefficient (Wildman–Crippen LogP) is 0.773. The van der Waals surface area contributed by atoms with Gasteiger partial charge in [-0.25, -0.2) is 0 Å². The fraction of sp³-hybridized carbons (Fsp3) is 0.600. The van der Waals surface area contributed by atoms with E-state index in [2.05, 4.69) is 10.9 Å². The molecule has 0 spiro atoms. The van der Waals surface area contributed by atoms with Gasteiger partial charge in [-0.15, -0.1) is 0 Å². The molecule has 158 valence electrons. The summed E-state index contributed by atoms with van der Waals surface area (Å²) in [6.45, 7) is 7.06. The Morgan fingerprint density at radius 1 is 0.862 bits per heavy atom. The van der Waals surface area contributed by atoms with E-state index in [-0.39, 0.29) is 12.3 Å². The summed E-state index contributed by atoms with van der Waals surface area (Å²) in [4.78, 5) is 24.9. The van der Waals surface area contributed by atoms with Gasteiger partial charge in [-0.3, -0.25) is 20.4 Å². The molecule has 3 heterocycles. The summed E-state index contributed by atoms with van der Waals surface area (Å²) in [5.41, 5.74) is 5.67. The first-order chi connectivity index (χ1) is 13.6. The van der Waals surface area contributed by atoms with Crippen LogP contribution in [0.25, 0.3) is 0 Å². The van der Waals surface area contributed by atoms with Crippen LogP contribution in [0.3, 0.4) is 0 Å². The molecule has 0 bridgehead atoms. The highest BCUT2D eigenvalue weighted by Crippen LogP contribution is 2.44. The number of hydrogen-bond donors (Lipinski definition) is 2. The number of rotatable bonds is 3. The minimum Gasteiger partial charge on any atom is -0.342 e. The highest BCUT2D eigenvalue weighted by atomic mass is 16.9. The Morgan fingerprint density at radius 3 is 2.21 bits per heavy atom. The lowest BCUT2D eigenvalue weighted by Crippen LogP contribution is -2.61. The van der Waals surface area contributed by atoms with Crippen molar-refractivity contribution in [2.24, 2.45) is 0 Å². The monoisotopic (exact) mass is 406 g/mol. The summed E-state index contributed by atoms with van der Waals surface area (Å²) < 4.78 is 29.4. The number of hydrazine groups is 1. The second-order valence-corrected chi connectivity index (χ2v) is 8.29. The molecule has 3 saturated heterocycles. The number of amides is 2. The molecule has 5 atom stereocenters. The Balaban J connectivity index is 1.41. The van der Waals surface area contributed by atoms with Crippen LogP contribution < -0.4 is 10.9 Å². The van der Waals surface area contributed by atoms with Gasteiger partial charge in [0.15, 0.2) is 24.0 Å². The van der Waals surface area contributed by atoms with E-state index in [0.29, 0.717) is 0 Å². The van der Waals surface area contributed by atoms with E-state index in [0.717, 1.165) is 5.56 Å². The van der Waals surface area contributed by atoms with Crippen molar-refractivity contribution in [3.63, 3.8) is 0 Å². The van der Waals surface area contributed by atoms with Gasteiger partial charge in [0.25, 0.3) is 5.91 Å². The SMILES string of the molecule is CC1(C)OC2OC(C(=O)NNC(=O)Cc3ccccc3)C3OC(C)(C)OC3C2O1. The molecule has 0 aliphatic carbocycles. The highest BCUT2D eigenvalue weighted by molar-refractivity contribution is 5.86. The Morgan fingerprint density at radius 2 is 1.48 bits per heavy atom. The summed E-state index contributed by atoms with van der Waals surface area (Å²) in [5.74, 6) is -2.67. The molecule has 0 radical (unpaired) electrons. The minimum atomic E-state index is -1.03. The van der Waals surface area contributed by atoms with Crippen molar-refractivity contribution in [1.29, 1.82) is 0 Å². The van der Waals surface area contributed by atoms with Gasteiger partial charge in [0, 0.05) is 0 Å². The zero-order chi connectivity index (χ0) is 20.8. The van der Waals surface area contributed by atoms with Crippen LogP contribution in [0.4, 0.5) is 0 Å². The van der Waals surface area contributed by atoms with E-state index in [1.165, 1.54) is 0 Å². The molecule has 2 N–H and O–H groups in total. The van der Waals surface area contributed by atoms with Gasteiger partial charge in [-0.2, -0.15) is 0 Å². The Kier molecular flexibility index (Phi) is 5.12. The summed E-state index contributed by atoms with van der Waals surface area (Å²) in [6.07, 6.45) is -3.43. The molecule has 5 unspecified atom stereocenters. The lowest BCUT2D eigenvalue weighted by atomic mass is 9.98. The second kappa shape index (κ2) is 7.33. The fourth-order valence-corrected chi connectivity index (χ4v) is 3.85. The van der Waals surface area contributed by atoms with E-state index < -0.39 is 48.2 Å². The maximum atomic E-state index is 12.8. The maximum Gasteiger partial charge on any atom is 0.270 e. The van der Waals surface area contributed by atoms with Crippen LogP contribution in [0.1, 0.15) is 33.3 Å². The summed E-state index contributed by atoms with van der Waals surface area (Å²) in [5, 5.41) is 0. The molecule has 1 aromatic carbocycles. The lowest BCUT2D eigenvalue weighted by molar-refractivity contribution is -0.231. The van der Waals surface area contributed by atoms with Crippen molar-refractivity contribution in [2.45, 2.75) is 76.4 Å². The van der Waals surface area contributed by atoms with Crippen molar-refractivity contribution in [1.82, 2.24) is 10.9 Å². The van der Waals surface area contributed by atoms with Crippen LogP contribution in [-0.2, 0) is 39.7 Å². The van der Waals surface area contributed by atoms with E-state index in [1.807, 2.05) is 30.3 Å². The standard InChI is InChI=1S/C20H26N2O7/c1-19(2)26-13-14(27-19)16-18(29-20(3,4)28-16)25-15(13)17(24)22-21-12(23)10-11-8-6-5-7-9-11/h5-9,13-16,18H,10H2,1-4H3,(H,21,23)(H,22,24). The van der Waals surface area contributed by atoms with Gasteiger partial charge in [-0.05, 0) is 33.3 Å². The zero-order valence-electron chi connectivity index (χ0n) is 16.8. The molecule has 4 rings (SSSR count). The first-order valence-corrected chi connectivity index (χ1v) is 9.63. The Hall–Kier alpha value is -2.04. The number of carbonyl (C=O) groups excluding carboxylic acids is 2. The zero-order valence-corrected chi connectivity index (χ0v) is 16.8. The van der Waals surface area contributed by atoms with Crippen molar-refractivity contribution in [2.75, 3.05) is 0 Å². The quantitative estimate of drug-likeness (QED) is 0.715. The van der Waals surface area contributed by atoms with Gasteiger partial charge in [0.2, 0.25) is 5.91 Å². The van der Waals surface area contributed by atoms with Gasteiger partial charge >= 0.3 is 0 Å². The van der Waals surface area contributed by atoms with E-state index >= 15 is 0 Å². The second-order valence-electron chi connectivity index (χ2n) is 8.29. The number of benzene rings is 1. The molecule has 3 aliphatic rings. The highest BCUT2D eigenvalue weighted by Gasteiger charge is 2.62. The number of hydrogen-bond acceptors (Lipinski definition) is 7. The molecule has 3 fully saturated rings. The van der Waals surface area contributed by atoms with Crippen molar-refractivity contribution >= 4 is 11.8 Å². The summed E-state index contributed by atoms with van der Waals surface area (Å²) in [7, 11) is 0.